The minimum absolute atomic E-state index is 0.0395. The second kappa shape index (κ2) is 5.38. The molecule has 0 fully saturated rings. The first-order valence-electron chi connectivity index (χ1n) is 4.88. The van der Waals surface area contributed by atoms with Crippen LogP contribution in [0.3, 0.4) is 0 Å². The first kappa shape index (κ1) is 13.1. The van der Waals surface area contributed by atoms with Crippen LogP contribution in [0, 0.1) is 5.82 Å². The minimum atomic E-state index is -3.43. The van der Waals surface area contributed by atoms with E-state index in [0.29, 0.717) is 0 Å². The Kier molecular flexibility index (Phi) is 4.40. The highest BCUT2D eigenvalue weighted by Gasteiger charge is 2.07. The van der Waals surface area contributed by atoms with Gasteiger partial charge in [0.05, 0.1) is 5.75 Å². The number of benzene rings is 1. The summed E-state index contributed by atoms with van der Waals surface area (Å²) in [6, 6.07) is 6.01. The Morgan fingerprint density at radius 3 is 2.44 bits per heavy atom. The number of primary sulfonamides is 1. The molecule has 0 saturated carbocycles. The van der Waals surface area contributed by atoms with Crippen molar-refractivity contribution in [1.82, 2.24) is 5.32 Å². The molecule has 6 heteroatoms. The molecular formula is C10H15FN2O2S. The van der Waals surface area contributed by atoms with E-state index in [1.807, 2.05) is 6.92 Å². The Labute approximate surface area is 94.7 Å². The first-order valence-corrected chi connectivity index (χ1v) is 6.59. The predicted molar refractivity (Wildman–Crippen MR) is 60.8 cm³/mol. The molecule has 16 heavy (non-hydrogen) atoms. The molecule has 1 atom stereocenters. The zero-order valence-corrected chi connectivity index (χ0v) is 9.80. The van der Waals surface area contributed by atoms with Crippen LogP contribution in [0.15, 0.2) is 24.3 Å². The lowest BCUT2D eigenvalue weighted by Gasteiger charge is -2.13. The van der Waals surface area contributed by atoms with E-state index in [4.69, 9.17) is 5.14 Å². The quantitative estimate of drug-likeness (QED) is 0.806. The molecule has 1 aromatic rings. The first-order chi connectivity index (χ1) is 7.38. The van der Waals surface area contributed by atoms with Crippen LogP contribution in [0.1, 0.15) is 18.5 Å². The zero-order valence-electron chi connectivity index (χ0n) is 8.98. The smallest absolute Gasteiger partial charge is 0.210 e. The van der Waals surface area contributed by atoms with Gasteiger partial charge in [-0.25, -0.2) is 17.9 Å². The van der Waals surface area contributed by atoms with Crippen molar-refractivity contribution >= 4 is 10.0 Å². The fourth-order valence-electron chi connectivity index (χ4n) is 1.29. The third-order valence-electron chi connectivity index (χ3n) is 2.21. The lowest BCUT2D eigenvalue weighted by molar-refractivity contribution is 0.571. The van der Waals surface area contributed by atoms with Gasteiger partial charge in [-0.15, -0.1) is 0 Å². The van der Waals surface area contributed by atoms with Crippen LogP contribution >= 0.6 is 0 Å². The highest BCUT2D eigenvalue weighted by Crippen LogP contribution is 2.12. The molecule has 1 unspecified atom stereocenters. The summed E-state index contributed by atoms with van der Waals surface area (Å²) < 4.78 is 34.0. The van der Waals surface area contributed by atoms with E-state index >= 15 is 0 Å². The zero-order chi connectivity index (χ0) is 12.2. The van der Waals surface area contributed by atoms with Gasteiger partial charge in [0.15, 0.2) is 0 Å². The molecule has 0 aliphatic heterocycles. The number of sulfonamides is 1. The van der Waals surface area contributed by atoms with Crippen molar-refractivity contribution in [2.45, 2.75) is 13.0 Å². The summed E-state index contributed by atoms with van der Waals surface area (Å²) in [4.78, 5) is 0. The number of halogens is 1. The normalized spacial score (nSPS) is 13.7. The Balaban J connectivity index is 2.47. The fourth-order valence-corrected chi connectivity index (χ4v) is 1.69. The lowest BCUT2D eigenvalue weighted by Crippen LogP contribution is -2.28. The topological polar surface area (TPSA) is 72.2 Å². The maximum atomic E-state index is 12.6. The molecule has 0 amide bonds. The average Bonchev–Trinajstić information content (AvgIpc) is 2.16. The van der Waals surface area contributed by atoms with Gasteiger partial charge >= 0.3 is 0 Å². The lowest BCUT2D eigenvalue weighted by atomic mass is 10.1. The van der Waals surface area contributed by atoms with Crippen molar-refractivity contribution in [2.75, 3.05) is 12.3 Å². The van der Waals surface area contributed by atoms with Gasteiger partial charge in [0.25, 0.3) is 0 Å². The van der Waals surface area contributed by atoms with Crippen molar-refractivity contribution in [1.29, 1.82) is 0 Å². The van der Waals surface area contributed by atoms with Crippen molar-refractivity contribution in [3.63, 3.8) is 0 Å². The highest BCUT2D eigenvalue weighted by molar-refractivity contribution is 7.89. The van der Waals surface area contributed by atoms with Crippen molar-refractivity contribution < 1.29 is 12.8 Å². The van der Waals surface area contributed by atoms with Crippen LogP contribution in [0.25, 0.3) is 0 Å². The van der Waals surface area contributed by atoms with Crippen LogP contribution in [-0.2, 0) is 10.0 Å². The van der Waals surface area contributed by atoms with Crippen LogP contribution < -0.4 is 10.5 Å². The van der Waals surface area contributed by atoms with E-state index in [-0.39, 0.29) is 24.2 Å². The van der Waals surface area contributed by atoms with Gasteiger partial charge in [-0.1, -0.05) is 12.1 Å². The standard InChI is InChI=1S/C10H15FN2O2S/c1-8(13-6-7-16(12,14)15)9-2-4-10(11)5-3-9/h2-5,8,13H,6-7H2,1H3,(H2,12,14,15). The predicted octanol–water partition coefficient (Wildman–Crippen LogP) is 0.765. The largest absolute Gasteiger partial charge is 0.309 e. The summed E-state index contributed by atoms with van der Waals surface area (Å²) in [5.74, 6) is -0.404. The molecule has 0 aliphatic rings. The van der Waals surface area contributed by atoms with E-state index in [9.17, 15) is 12.8 Å². The summed E-state index contributed by atoms with van der Waals surface area (Å²) in [6.07, 6.45) is 0. The highest BCUT2D eigenvalue weighted by atomic mass is 32.2. The van der Waals surface area contributed by atoms with Gasteiger partial charge in [-0.05, 0) is 24.6 Å². The molecule has 0 heterocycles. The van der Waals surface area contributed by atoms with Crippen LogP contribution in [0.2, 0.25) is 0 Å². The fraction of sp³-hybridized carbons (Fsp3) is 0.400. The molecule has 90 valence electrons. The molecule has 0 aliphatic carbocycles. The molecule has 1 rings (SSSR count). The minimum Gasteiger partial charge on any atom is -0.309 e. The molecule has 0 bridgehead atoms. The Morgan fingerprint density at radius 1 is 1.38 bits per heavy atom. The van der Waals surface area contributed by atoms with Crippen LogP contribution in [-0.4, -0.2) is 20.7 Å². The monoisotopic (exact) mass is 246 g/mol. The van der Waals surface area contributed by atoms with Gasteiger partial charge in [0.2, 0.25) is 10.0 Å². The third-order valence-corrected chi connectivity index (χ3v) is 2.98. The molecule has 1 aromatic carbocycles. The van der Waals surface area contributed by atoms with Crippen molar-refractivity contribution in [3.8, 4) is 0 Å². The molecule has 4 nitrogen and oxygen atoms in total. The van der Waals surface area contributed by atoms with E-state index < -0.39 is 10.0 Å². The molecule has 0 spiro atoms. The Hall–Kier alpha value is -0.980. The molecule has 0 saturated heterocycles. The molecule has 0 aromatic heterocycles. The number of rotatable bonds is 5. The van der Waals surface area contributed by atoms with Gasteiger partial charge in [-0.3, -0.25) is 0 Å². The summed E-state index contributed by atoms with van der Waals surface area (Å²) in [5, 5.41) is 7.86. The van der Waals surface area contributed by atoms with Crippen LogP contribution in [0.4, 0.5) is 4.39 Å². The molecule has 3 N–H and O–H groups in total. The van der Waals surface area contributed by atoms with E-state index in [2.05, 4.69) is 5.32 Å². The van der Waals surface area contributed by atoms with Gasteiger partial charge in [0, 0.05) is 12.6 Å². The Bertz CT molecular complexity index is 431. The van der Waals surface area contributed by atoms with Crippen molar-refractivity contribution in [2.24, 2.45) is 5.14 Å². The van der Waals surface area contributed by atoms with Crippen LogP contribution in [0.5, 0.6) is 0 Å². The van der Waals surface area contributed by atoms with Gasteiger partial charge in [-0.2, -0.15) is 0 Å². The second-order valence-corrected chi connectivity index (χ2v) is 5.33. The van der Waals surface area contributed by atoms with Gasteiger partial charge < -0.3 is 5.32 Å². The van der Waals surface area contributed by atoms with E-state index in [1.165, 1.54) is 12.1 Å². The maximum absolute atomic E-state index is 12.6. The number of hydrogen-bond acceptors (Lipinski definition) is 3. The van der Waals surface area contributed by atoms with E-state index in [1.54, 1.807) is 12.1 Å². The summed E-state index contributed by atoms with van der Waals surface area (Å²) >= 11 is 0. The summed E-state index contributed by atoms with van der Waals surface area (Å²) in [7, 11) is -3.43. The third kappa shape index (κ3) is 4.69. The van der Waals surface area contributed by atoms with Gasteiger partial charge in [0.1, 0.15) is 5.82 Å². The molecular weight excluding hydrogens is 231 g/mol. The number of nitrogens with two attached hydrogens (primary N) is 1. The maximum Gasteiger partial charge on any atom is 0.210 e. The molecule has 0 radical (unpaired) electrons. The van der Waals surface area contributed by atoms with E-state index in [0.717, 1.165) is 5.56 Å². The SMILES string of the molecule is CC(NCCS(N)(=O)=O)c1ccc(F)cc1. The number of hydrogen-bond donors (Lipinski definition) is 2. The summed E-state index contributed by atoms with van der Waals surface area (Å²) in [6.45, 7) is 2.15. The summed E-state index contributed by atoms with van der Waals surface area (Å²) in [5.41, 5.74) is 0.899. The number of nitrogens with one attached hydrogen (secondary N) is 1. The second-order valence-electron chi connectivity index (χ2n) is 3.59. The van der Waals surface area contributed by atoms with Crippen molar-refractivity contribution in [3.05, 3.63) is 35.6 Å². The average molecular weight is 246 g/mol. The Morgan fingerprint density at radius 2 is 1.94 bits per heavy atom.